The Balaban J connectivity index is 1.67. The summed E-state index contributed by atoms with van der Waals surface area (Å²) in [6.07, 6.45) is 3.49. The van der Waals surface area contributed by atoms with Crippen molar-refractivity contribution >= 4 is 16.9 Å². The van der Waals surface area contributed by atoms with E-state index in [0.717, 1.165) is 22.3 Å². The fourth-order valence-corrected chi connectivity index (χ4v) is 2.93. The van der Waals surface area contributed by atoms with Gasteiger partial charge in [0, 0.05) is 31.1 Å². The molecule has 4 rings (SSSR count). The highest BCUT2D eigenvalue weighted by atomic mass is 16.3. The number of pyridine rings is 1. The van der Waals surface area contributed by atoms with Gasteiger partial charge in [-0.1, -0.05) is 24.0 Å². The van der Waals surface area contributed by atoms with Crippen LogP contribution in [0, 0.1) is 11.8 Å². The third-order valence-electron chi connectivity index (χ3n) is 4.44. The molecule has 0 saturated carbocycles. The normalized spacial score (nSPS) is 19.5. The Labute approximate surface area is 150 Å². The number of likely N-dealkylation sites (tertiary alicyclic amines) is 1. The maximum atomic E-state index is 12.0. The quantitative estimate of drug-likeness (QED) is 0.679. The number of benzene rings is 1. The molecule has 0 radical (unpaired) electrons. The summed E-state index contributed by atoms with van der Waals surface area (Å²) < 4.78 is 0. The fraction of sp³-hybridized carbons (Fsp3) is 0.200. The number of amides is 1. The standard InChI is InChI=1S/C20H16N4O2/c1-24-10-9-20(26,19(24)25)8-7-14-3-2-4-15(11-14)16-5-6-17-18(23-16)12-21-13-22-17/h2-6,11-13,26H,9-10H2,1H3/t20-/m0/s1. The molecular weight excluding hydrogens is 328 g/mol. The van der Waals surface area contributed by atoms with Crippen LogP contribution in [0.5, 0.6) is 0 Å². The molecule has 1 aromatic carbocycles. The number of hydrogen-bond acceptors (Lipinski definition) is 5. The summed E-state index contributed by atoms with van der Waals surface area (Å²) in [5.74, 6) is 5.31. The Morgan fingerprint density at radius 1 is 1.23 bits per heavy atom. The van der Waals surface area contributed by atoms with E-state index in [4.69, 9.17) is 0 Å². The second-order valence-electron chi connectivity index (χ2n) is 6.29. The molecule has 0 spiro atoms. The van der Waals surface area contributed by atoms with Gasteiger partial charge < -0.3 is 10.0 Å². The van der Waals surface area contributed by atoms with Crippen LogP contribution in [0.1, 0.15) is 12.0 Å². The van der Waals surface area contributed by atoms with E-state index in [2.05, 4.69) is 26.8 Å². The molecule has 1 saturated heterocycles. The van der Waals surface area contributed by atoms with E-state index in [0.29, 0.717) is 18.5 Å². The van der Waals surface area contributed by atoms with Crippen LogP contribution in [0.4, 0.5) is 0 Å². The molecule has 6 nitrogen and oxygen atoms in total. The zero-order valence-corrected chi connectivity index (χ0v) is 14.2. The minimum atomic E-state index is -1.59. The van der Waals surface area contributed by atoms with Crippen molar-refractivity contribution in [3.05, 3.63) is 54.5 Å². The number of hydrogen-bond donors (Lipinski definition) is 1. The van der Waals surface area contributed by atoms with Crippen LogP contribution in [0.3, 0.4) is 0 Å². The van der Waals surface area contributed by atoms with Crippen LogP contribution in [-0.4, -0.2) is 50.1 Å². The SMILES string of the molecule is CN1CC[C@@](O)(C#Cc2cccc(-c3ccc4ncncc4n3)c2)C1=O. The van der Waals surface area contributed by atoms with E-state index in [-0.39, 0.29) is 5.91 Å². The Morgan fingerprint density at radius 3 is 2.92 bits per heavy atom. The highest BCUT2D eigenvalue weighted by molar-refractivity contribution is 5.90. The lowest BCUT2D eigenvalue weighted by Crippen LogP contribution is -2.37. The molecule has 128 valence electrons. The fourth-order valence-electron chi connectivity index (χ4n) is 2.93. The molecule has 26 heavy (non-hydrogen) atoms. The Bertz CT molecular complexity index is 1070. The highest BCUT2D eigenvalue weighted by Gasteiger charge is 2.42. The van der Waals surface area contributed by atoms with Crippen LogP contribution in [0.25, 0.3) is 22.3 Å². The summed E-state index contributed by atoms with van der Waals surface area (Å²) in [5.41, 5.74) is 2.30. The summed E-state index contributed by atoms with van der Waals surface area (Å²) in [6, 6.07) is 11.3. The van der Waals surface area contributed by atoms with Gasteiger partial charge >= 0.3 is 0 Å². The maximum Gasteiger partial charge on any atom is 0.267 e. The lowest BCUT2D eigenvalue weighted by Gasteiger charge is -2.13. The van der Waals surface area contributed by atoms with Crippen molar-refractivity contribution in [2.45, 2.75) is 12.0 Å². The topological polar surface area (TPSA) is 79.2 Å². The first-order valence-electron chi connectivity index (χ1n) is 8.23. The molecule has 2 aromatic heterocycles. The van der Waals surface area contributed by atoms with Crippen LogP contribution in [-0.2, 0) is 4.79 Å². The van der Waals surface area contributed by atoms with Gasteiger partial charge in [-0.15, -0.1) is 0 Å². The molecule has 1 N–H and O–H groups in total. The lowest BCUT2D eigenvalue weighted by molar-refractivity contribution is -0.137. The molecular formula is C20H16N4O2. The predicted octanol–water partition coefficient (Wildman–Crippen LogP) is 1.64. The van der Waals surface area contributed by atoms with Gasteiger partial charge in [0.15, 0.2) is 0 Å². The van der Waals surface area contributed by atoms with Crippen molar-refractivity contribution in [3.8, 4) is 23.1 Å². The third-order valence-corrected chi connectivity index (χ3v) is 4.44. The molecule has 0 bridgehead atoms. The molecule has 1 aliphatic heterocycles. The molecule has 3 heterocycles. The number of carbonyl (C=O) groups excluding carboxylic acids is 1. The number of carbonyl (C=O) groups is 1. The first-order valence-corrected chi connectivity index (χ1v) is 8.23. The summed E-state index contributed by atoms with van der Waals surface area (Å²) in [4.78, 5) is 26.2. The molecule has 1 atom stereocenters. The average Bonchev–Trinajstić information content (AvgIpc) is 2.94. The van der Waals surface area contributed by atoms with Gasteiger partial charge in [-0.25, -0.2) is 15.0 Å². The van der Waals surface area contributed by atoms with Crippen LogP contribution < -0.4 is 0 Å². The minimum absolute atomic E-state index is 0.321. The van der Waals surface area contributed by atoms with Gasteiger partial charge in [0.2, 0.25) is 5.60 Å². The first-order chi connectivity index (χ1) is 12.5. The zero-order chi connectivity index (χ0) is 18.1. The van der Waals surface area contributed by atoms with Crippen molar-refractivity contribution in [3.63, 3.8) is 0 Å². The van der Waals surface area contributed by atoms with Crippen LogP contribution in [0.2, 0.25) is 0 Å². The summed E-state index contributed by atoms with van der Waals surface area (Å²) in [6.45, 7) is 0.507. The second kappa shape index (κ2) is 6.21. The average molecular weight is 344 g/mol. The second-order valence-corrected chi connectivity index (χ2v) is 6.29. The Hall–Kier alpha value is -3.30. The minimum Gasteiger partial charge on any atom is -0.369 e. The van der Waals surface area contributed by atoms with Crippen molar-refractivity contribution in [1.82, 2.24) is 19.9 Å². The van der Waals surface area contributed by atoms with Gasteiger partial charge in [-0.05, 0) is 24.3 Å². The van der Waals surface area contributed by atoms with Gasteiger partial charge in [0.05, 0.1) is 17.4 Å². The number of aliphatic hydroxyl groups is 1. The van der Waals surface area contributed by atoms with Crippen LogP contribution in [0.15, 0.2) is 48.9 Å². The van der Waals surface area contributed by atoms with Crippen molar-refractivity contribution in [2.75, 3.05) is 13.6 Å². The smallest absolute Gasteiger partial charge is 0.267 e. The van der Waals surface area contributed by atoms with E-state index >= 15 is 0 Å². The number of aromatic nitrogens is 3. The summed E-state index contributed by atoms with van der Waals surface area (Å²) in [5, 5.41) is 10.4. The molecule has 3 aromatic rings. The lowest BCUT2D eigenvalue weighted by atomic mass is 10.0. The van der Waals surface area contributed by atoms with Crippen molar-refractivity contribution in [1.29, 1.82) is 0 Å². The van der Waals surface area contributed by atoms with Crippen LogP contribution >= 0.6 is 0 Å². The van der Waals surface area contributed by atoms with E-state index < -0.39 is 5.60 Å². The maximum absolute atomic E-state index is 12.0. The van der Waals surface area contributed by atoms with E-state index in [1.165, 1.54) is 11.2 Å². The van der Waals surface area contributed by atoms with Gasteiger partial charge in [-0.3, -0.25) is 4.79 Å². The molecule has 1 fully saturated rings. The van der Waals surface area contributed by atoms with E-state index in [9.17, 15) is 9.90 Å². The van der Waals surface area contributed by atoms with Gasteiger partial charge in [0.1, 0.15) is 11.8 Å². The predicted molar refractivity (Wildman–Crippen MR) is 96.9 cm³/mol. The van der Waals surface area contributed by atoms with Gasteiger partial charge in [-0.2, -0.15) is 0 Å². The van der Waals surface area contributed by atoms with Gasteiger partial charge in [0.25, 0.3) is 5.91 Å². The van der Waals surface area contributed by atoms with Crippen molar-refractivity contribution in [2.24, 2.45) is 0 Å². The zero-order valence-electron chi connectivity index (χ0n) is 14.2. The van der Waals surface area contributed by atoms with Crippen molar-refractivity contribution < 1.29 is 9.90 Å². The Kier molecular flexibility index (Phi) is 3.86. The third kappa shape index (κ3) is 2.89. The largest absolute Gasteiger partial charge is 0.369 e. The number of nitrogens with zero attached hydrogens (tertiary/aromatic N) is 4. The first kappa shape index (κ1) is 16.2. The highest BCUT2D eigenvalue weighted by Crippen LogP contribution is 2.22. The Morgan fingerprint density at radius 2 is 2.12 bits per heavy atom. The van der Waals surface area contributed by atoms with E-state index in [1.54, 1.807) is 13.2 Å². The number of fused-ring (bicyclic) bond motifs is 1. The summed E-state index contributed by atoms with van der Waals surface area (Å²) in [7, 11) is 1.66. The van der Waals surface area contributed by atoms with E-state index in [1.807, 2.05) is 36.4 Å². The summed E-state index contributed by atoms with van der Waals surface area (Å²) >= 11 is 0. The molecule has 1 amide bonds. The number of likely N-dealkylation sites (N-methyl/N-ethyl adjacent to an activating group) is 1. The molecule has 1 aliphatic rings. The molecule has 0 aliphatic carbocycles. The number of rotatable bonds is 1. The molecule has 6 heteroatoms. The monoisotopic (exact) mass is 344 g/mol. The molecule has 0 unspecified atom stereocenters.